The number of carbonyl (C=O) groups excluding carboxylic acids is 1. The average molecular weight is 196 g/mol. The number of nitrogens with zero attached hydrogens (tertiary/aromatic N) is 2. The molecule has 0 N–H and O–H groups in total. The highest BCUT2D eigenvalue weighted by Gasteiger charge is 2.20. The zero-order valence-corrected chi connectivity index (χ0v) is 8.87. The van der Waals surface area contributed by atoms with Crippen molar-refractivity contribution in [3.63, 3.8) is 0 Å². The van der Waals surface area contributed by atoms with E-state index in [9.17, 15) is 4.79 Å². The van der Waals surface area contributed by atoms with Crippen molar-refractivity contribution in [2.45, 2.75) is 32.1 Å². The number of piperidine rings is 1. The summed E-state index contributed by atoms with van der Waals surface area (Å²) in [6.07, 6.45) is 6.28. The molecule has 0 aromatic carbocycles. The van der Waals surface area contributed by atoms with Gasteiger partial charge in [0.05, 0.1) is 6.54 Å². The van der Waals surface area contributed by atoms with Crippen LogP contribution in [-0.4, -0.2) is 48.4 Å². The van der Waals surface area contributed by atoms with E-state index in [0.29, 0.717) is 12.5 Å². The van der Waals surface area contributed by atoms with Gasteiger partial charge in [0.25, 0.3) is 0 Å². The van der Waals surface area contributed by atoms with Crippen molar-refractivity contribution in [3.05, 3.63) is 0 Å². The minimum atomic E-state index is 0.351. The molecule has 0 saturated carbocycles. The van der Waals surface area contributed by atoms with Gasteiger partial charge in [-0.15, -0.1) is 0 Å². The van der Waals surface area contributed by atoms with Crippen molar-refractivity contribution in [2.24, 2.45) is 0 Å². The maximum Gasteiger partial charge on any atom is 0.236 e. The van der Waals surface area contributed by atoms with Gasteiger partial charge in [-0.25, -0.2) is 0 Å². The Balaban J connectivity index is 1.75. The van der Waals surface area contributed by atoms with Crippen molar-refractivity contribution in [3.8, 4) is 0 Å². The Labute approximate surface area is 86.1 Å². The van der Waals surface area contributed by atoms with Gasteiger partial charge in [0, 0.05) is 13.1 Å². The number of likely N-dealkylation sites (tertiary alicyclic amines) is 2. The first-order valence-electron chi connectivity index (χ1n) is 5.86. The summed E-state index contributed by atoms with van der Waals surface area (Å²) in [5.41, 5.74) is 0. The van der Waals surface area contributed by atoms with Gasteiger partial charge in [-0.05, 0) is 38.8 Å². The van der Waals surface area contributed by atoms with E-state index in [4.69, 9.17) is 0 Å². The number of amides is 1. The second kappa shape index (κ2) is 4.78. The van der Waals surface area contributed by atoms with Crippen molar-refractivity contribution in [2.75, 3.05) is 32.7 Å². The minimum absolute atomic E-state index is 0.351. The Morgan fingerprint density at radius 3 is 2.07 bits per heavy atom. The highest BCUT2D eigenvalue weighted by molar-refractivity contribution is 5.78. The third-order valence-electron chi connectivity index (χ3n) is 3.27. The monoisotopic (exact) mass is 196 g/mol. The largest absolute Gasteiger partial charge is 0.342 e. The molecular weight excluding hydrogens is 176 g/mol. The molecule has 1 amide bonds. The molecule has 0 aliphatic carbocycles. The summed E-state index contributed by atoms with van der Waals surface area (Å²) in [6.45, 7) is 4.90. The summed E-state index contributed by atoms with van der Waals surface area (Å²) in [5.74, 6) is 0.351. The van der Waals surface area contributed by atoms with E-state index in [2.05, 4.69) is 4.90 Å². The van der Waals surface area contributed by atoms with Gasteiger partial charge < -0.3 is 4.90 Å². The highest BCUT2D eigenvalue weighted by atomic mass is 16.2. The van der Waals surface area contributed by atoms with Crippen LogP contribution in [0.1, 0.15) is 32.1 Å². The van der Waals surface area contributed by atoms with E-state index in [1.54, 1.807) is 0 Å². The van der Waals surface area contributed by atoms with Crippen LogP contribution in [0.15, 0.2) is 0 Å². The molecule has 2 fully saturated rings. The lowest BCUT2D eigenvalue weighted by molar-refractivity contribution is -0.131. The topological polar surface area (TPSA) is 23.6 Å². The molecule has 2 aliphatic heterocycles. The summed E-state index contributed by atoms with van der Waals surface area (Å²) in [5, 5.41) is 0. The van der Waals surface area contributed by atoms with Crippen LogP contribution in [0.5, 0.6) is 0 Å². The predicted molar refractivity (Wildman–Crippen MR) is 56.1 cm³/mol. The molecule has 14 heavy (non-hydrogen) atoms. The van der Waals surface area contributed by atoms with Gasteiger partial charge >= 0.3 is 0 Å². The van der Waals surface area contributed by atoms with Gasteiger partial charge in [-0.1, -0.05) is 6.42 Å². The normalized spacial score (nSPS) is 24.1. The predicted octanol–water partition coefficient (Wildman–Crippen LogP) is 1.09. The molecule has 2 heterocycles. The standard InChI is InChI=1S/C11H20N2O/c14-11(13-8-4-5-9-13)10-12-6-2-1-3-7-12/h1-10H2. The van der Waals surface area contributed by atoms with E-state index < -0.39 is 0 Å². The van der Waals surface area contributed by atoms with Gasteiger partial charge in [0.2, 0.25) is 5.91 Å². The Morgan fingerprint density at radius 1 is 0.857 bits per heavy atom. The van der Waals surface area contributed by atoms with Crippen molar-refractivity contribution < 1.29 is 4.79 Å². The zero-order valence-electron chi connectivity index (χ0n) is 8.87. The van der Waals surface area contributed by atoms with Crippen LogP contribution >= 0.6 is 0 Å². The van der Waals surface area contributed by atoms with Crippen molar-refractivity contribution >= 4 is 5.91 Å². The molecule has 3 heteroatoms. The molecule has 2 aliphatic rings. The van der Waals surface area contributed by atoms with Crippen LogP contribution in [-0.2, 0) is 4.79 Å². The molecule has 0 spiro atoms. The summed E-state index contributed by atoms with van der Waals surface area (Å²) in [6, 6.07) is 0. The van der Waals surface area contributed by atoms with Gasteiger partial charge in [0.1, 0.15) is 0 Å². The highest BCUT2D eigenvalue weighted by Crippen LogP contribution is 2.11. The molecule has 0 bridgehead atoms. The fourth-order valence-electron chi connectivity index (χ4n) is 2.38. The van der Waals surface area contributed by atoms with Crippen LogP contribution in [0, 0.1) is 0 Å². The first kappa shape index (κ1) is 9.97. The number of carbonyl (C=O) groups is 1. The maximum absolute atomic E-state index is 11.8. The van der Waals surface area contributed by atoms with Crippen LogP contribution < -0.4 is 0 Å². The summed E-state index contributed by atoms with van der Waals surface area (Å²) in [4.78, 5) is 16.1. The number of hydrogen-bond acceptors (Lipinski definition) is 2. The number of rotatable bonds is 2. The molecule has 0 radical (unpaired) electrons. The SMILES string of the molecule is O=C(CN1CCCCC1)N1CCCC1. The molecule has 80 valence electrons. The van der Waals surface area contributed by atoms with Crippen molar-refractivity contribution in [1.29, 1.82) is 0 Å². The summed E-state index contributed by atoms with van der Waals surface area (Å²) < 4.78 is 0. The summed E-state index contributed by atoms with van der Waals surface area (Å²) >= 11 is 0. The Hall–Kier alpha value is -0.570. The van der Waals surface area contributed by atoms with Gasteiger partial charge in [-0.3, -0.25) is 9.69 Å². The molecule has 2 saturated heterocycles. The summed E-state index contributed by atoms with van der Waals surface area (Å²) in [7, 11) is 0. The van der Waals surface area contributed by atoms with Crippen molar-refractivity contribution in [1.82, 2.24) is 9.80 Å². The van der Waals surface area contributed by atoms with Gasteiger partial charge in [-0.2, -0.15) is 0 Å². The van der Waals surface area contributed by atoms with E-state index in [1.165, 1.54) is 32.1 Å². The maximum atomic E-state index is 11.8. The third kappa shape index (κ3) is 2.47. The first-order chi connectivity index (χ1) is 6.86. The lowest BCUT2D eigenvalue weighted by Crippen LogP contribution is -2.41. The zero-order chi connectivity index (χ0) is 9.80. The van der Waals surface area contributed by atoms with Gasteiger partial charge in [0.15, 0.2) is 0 Å². The minimum Gasteiger partial charge on any atom is -0.342 e. The fraction of sp³-hybridized carbons (Fsp3) is 0.909. The second-order valence-electron chi connectivity index (χ2n) is 4.42. The number of hydrogen-bond donors (Lipinski definition) is 0. The first-order valence-corrected chi connectivity index (χ1v) is 5.86. The third-order valence-corrected chi connectivity index (χ3v) is 3.27. The van der Waals surface area contributed by atoms with Crippen LogP contribution in [0.25, 0.3) is 0 Å². The lowest BCUT2D eigenvalue weighted by Gasteiger charge is -2.27. The Kier molecular flexibility index (Phi) is 3.40. The Morgan fingerprint density at radius 2 is 1.43 bits per heavy atom. The van der Waals surface area contributed by atoms with E-state index in [1.807, 2.05) is 4.90 Å². The van der Waals surface area contributed by atoms with Crippen LogP contribution in [0.2, 0.25) is 0 Å². The average Bonchev–Trinajstić information content (AvgIpc) is 2.72. The molecule has 3 nitrogen and oxygen atoms in total. The Bertz CT molecular complexity index is 193. The molecule has 0 atom stereocenters. The van der Waals surface area contributed by atoms with Crippen LogP contribution in [0.4, 0.5) is 0 Å². The smallest absolute Gasteiger partial charge is 0.236 e. The van der Waals surface area contributed by atoms with Crippen LogP contribution in [0.3, 0.4) is 0 Å². The van der Waals surface area contributed by atoms with E-state index in [-0.39, 0.29) is 0 Å². The fourth-order valence-corrected chi connectivity index (χ4v) is 2.38. The molecule has 0 aromatic rings. The molecule has 0 unspecified atom stereocenters. The van der Waals surface area contributed by atoms with E-state index in [0.717, 1.165) is 26.2 Å². The van der Waals surface area contributed by atoms with E-state index >= 15 is 0 Å². The second-order valence-corrected chi connectivity index (χ2v) is 4.42. The molecule has 2 rings (SSSR count). The quantitative estimate of drug-likeness (QED) is 0.660. The lowest BCUT2D eigenvalue weighted by atomic mass is 10.1. The molecule has 0 aromatic heterocycles. The molecular formula is C11H20N2O.